The van der Waals surface area contributed by atoms with Crippen LogP contribution in [0.3, 0.4) is 0 Å². The van der Waals surface area contributed by atoms with Gasteiger partial charge in [-0.05, 0) is 42.7 Å². The molecule has 1 heteroatoms. The summed E-state index contributed by atoms with van der Waals surface area (Å²) in [5.41, 5.74) is 2.77. The number of ketones is 1. The Hall–Kier alpha value is -1.37. The maximum absolute atomic E-state index is 11.8. The van der Waals surface area contributed by atoms with Gasteiger partial charge in [-0.3, -0.25) is 4.79 Å². The lowest BCUT2D eigenvalue weighted by Crippen LogP contribution is -2.03. The quantitative estimate of drug-likeness (QED) is 0.654. The molecule has 1 fully saturated rings. The highest BCUT2D eigenvalue weighted by Gasteiger charge is 2.16. The first-order valence-electron chi connectivity index (χ1n) is 8.07. The van der Waals surface area contributed by atoms with Crippen molar-refractivity contribution in [1.82, 2.24) is 0 Å². The van der Waals surface area contributed by atoms with E-state index in [1.165, 1.54) is 36.8 Å². The van der Waals surface area contributed by atoms with E-state index in [0.717, 1.165) is 25.7 Å². The van der Waals surface area contributed by atoms with E-state index in [9.17, 15) is 4.79 Å². The minimum Gasteiger partial charge on any atom is -0.300 e. The number of rotatable bonds is 5. The zero-order valence-corrected chi connectivity index (χ0v) is 12.6. The molecule has 1 atom stereocenters. The van der Waals surface area contributed by atoms with Gasteiger partial charge in [0.1, 0.15) is 5.78 Å². The number of allylic oxidation sites excluding steroid dienone is 2. The molecular formula is C19H26O. The Labute approximate surface area is 123 Å². The Bertz CT molecular complexity index is 444. The maximum Gasteiger partial charge on any atom is 0.133 e. The van der Waals surface area contributed by atoms with Crippen molar-refractivity contribution in [1.29, 1.82) is 0 Å². The lowest BCUT2D eigenvalue weighted by atomic mass is 9.92. The first kappa shape index (κ1) is 15.0. The van der Waals surface area contributed by atoms with Crippen molar-refractivity contribution in [2.45, 2.75) is 58.3 Å². The molecule has 0 saturated heterocycles. The van der Waals surface area contributed by atoms with Crippen molar-refractivity contribution in [2.75, 3.05) is 0 Å². The molecule has 0 heterocycles. The van der Waals surface area contributed by atoms with Crippen LogP contribution in [-0.2, 0) is 4.79 Å². The fourth-order valence-electron chi connectivity index (χ4n) is 3.00. The summed E-state index contributed by atoms with van der Waals surface area (Å²) in [4.78, 5) is 11.8. The van der Waals surface area contributed by atoms with Crippen molar-refractivity contribution in [2.24, 2.45) is 5.92 Å². The molecule has 1 aliphatic carbocycles. The molecule has 1 aliphatic rings. The fourth-order valence-corrected chi connectivity index (χ4v) is 3.00. The van der Waals surface area contributed by atoms with Crippen LogP contribution in [0.5, 0.6) is 0 Å². The molecule has 0 aromatic heterocycles. The molecule has 0 N–H and O–H groups in total. The summed E-state index contributed by atoms with van der Waals surface area (Å²) < 4.78 is 0. The average molecular weight is 270 g/mol. The summed E-state index contributed by atoms with van der Waals surface area (Å²) >= 11 is 0. The van der Waals surface area contributed by atoms with Crippen LogP contribution in [0.1, 0.15) is 63.9 Å². The highest BCUT2D eigenvalue weighted by Crippen LogP contribution is 2.28. The van der Waals surface area contributed by atoms with Crippen LogP contribution in [-0.4, -0.2) is 5.78 Å². The summed E-state index contributed by atoms with van der Waals surface area (Å²) in [5, 5.41) is 0. The van der Waals surface area contributed by atoms with Crippen molar-refractivity contribution >= 4 is 11.4 Å². The van der Waals surface area contributed by atoms with Gasteiger partial charge in [0.15, 0.2) is 0 Å². The second kappa shape index (κ2) is 8.04. The van der Waals surface area contributed by atoms with Gasteiger partial charge in [-0.2, -0.15) is 0 Å². The molecule has 0 amide bonds. The summed E-state index contributed by atoms with van der Waals surface area (Å²) in [6, 6.07) is 10.7. The smallest absolute Gasteiger partial charge is 0.133 e. The molecule has 0 bridgehead atoms. The van der Waals surface area contributed by atoms with E-state index >= 15 is 0 Å². The molecular weight excluding hydrogens is 244 g/mol. The third kappa shape index (κ3) is 4.63. The van der Waals surface area contributed by atoms with E-state index in [0.29, 0.717) is 11.7 Å². The van der Waals surface area contributed by atoms with E-state index in [2.05, 4.69) is 43.3 Å². The molecule has 0 spiro atoms. The molecule has 0 radical (unpaired) electrons. The number of Topliss-reactive ketones (excluding diaryl/α,β-unsaturated/α-hetero) is 1. The summed E-state index contributed by atoms with van der Waals surface area (Å²) in [6.45, 7) is 2.23. The van der Waals surface area contributed by atoms with Gasteiger partial charge >= 0.3 is 0 Å². The number of benzene rings is 1. The summed E-state index contributed by atoms with van der Waals surface area (Å²) in [6.07, 6.45) is 11.0. The largest absolute Gasteiger partial charge is 0.300 e. The van der Waals surface area contributed by atoms with Crippen LogP contribution in [0, 0.1) is 5.92 Å². The molecule has 1 aromatic rings. The Morgan fingerprint density at radius 3 is 2.80 bits per heavy atom. The molecule has 1 nitrogen and oxygen atoms in total. The van der Waals surface area contributed by atoms with Crippen LogP contribution < -0.4 is 0 Å². The Morgan fingerprint density at radius 2 is 2.05 bits per heavy atom. The van der Waals surface area contributed by atoms with Gasteiger partial charge in [0.25, 0.3) is 0 Å². The monoisotopic (exact) mass is 270 g/mol. The van der Waals surface area contributed by atoms with Crippen LogP contribution in [0.2, 0.25) is 0 Å². The van der Waals surface area contributed by atoms with Crippen LogP contribution in [0.25, 0.3) is 5.57 Å². The van der Waals surface area contributed by atoms with Crippen LogP contribution in [0.15, 0.2) is 36.4 Å². The first-order valence-corrected chi connectivity index (χ1v) is 8.07. The van der Waals surface area contributed by atoms with Gasteiger partial charge in [-0.15, -0.1) is 0 Å². The zero-order chi connectivity index (χ0) is 14.2. The van der Waals surface area contributed by atoms with Crippen LogP contribution >= 0.6 is 0 Å². The minimum absolute atomic E-state index is 0.451. The van der Waals surface area contributed by atoms with Crippen LogP contribution in [0.4, 0.5) is 0 Å². The lowest BCUT2D eigenvalue weighted by Gasteiger charge is -2.13. The highest BCUT2D eigenvalue weighted by atomic mass is 16.1. The molecule has 108 valence electrons. The molecule has 1 unspecified atom stereocenters. The predicted molar refractivity (Wildman–Crippen MR) is 85.5 cm³/mol. The molecule has 20 heavy (non-hydrogen) atoms. The Kier molecular flexibility index (Phi) is 6.04. The average Bonchev–Trinajstić information content (AvgIpc) is 2.68. The third-order valence-electron chi connectivity index (χ3n) is 4.15. The normalized spacial score (nSPS) is 20.8. The molecule has 1 saturated carbocycles. The van der Waals surface area contributed by atoms with E-state index < -0.39 is 0 Å². The van der Waals surface area contributed by atoms with E-state index in [-0.39, 0.29) is 0 Å². The van der Waals surface area contributed by atoms with Gasteiger partial charge in [0.05, 0.1) is 0 Å². The van der Waals surface area contributed by atoms with Gasteiger partial charge in [-0.25, -0.2) is 0 Å². The highest BCUT2D eigenvalue weighted by molar-refractivity contribution is 5.79. The molecule has 1 aromatic carbocycles. The van der Waals surface area contributed by atoms with E-state index in [1.807, 2.05) is 0 Å². The second-order valence-electron chi connectivity index (χ2n) is 5.91. The maximum atomic E-state index is 11.8. The third-order valence-corrected chi connectivity index (χ3v) is 4.15. The topological polar surface area (TPSA) is 17.1 Å². The predicted octanol–water partition coefficient (Wildman–Crippen LogP) is 5.41. The molecule has 0 aliphatic heterocycles. The SMILES string of the molecule is CCCC/C(=C\C1CCCCC(=O)C1)c1ccccc1. The van der Waals surface area contributed by atoms with E-state index in [4.69, 9.17) is 0 Å². The molecule has 2 rings (SSSR count). The Balaban J connectivity index is 2.16. The Morgan fingerprint density at radius 1 is 1.25 bits per heavy atom. The van der Waals surface area contributed by atoms with Crippen molar-refractivity contribution in [3.63, 3.8) is 0 Å². The van der Waals surface area contributed by atoms with E-state index in [1.54, 1.807) is 0 Å². The number of carbonyl (C=O) groups excluding carboxylic acids is 1. The van der Waals surface area contributed by atoms with Gasteiger partial charge in [0, 0.05) is 12.8 Å². The van der Waals surface area contributed by atoms with Gasteiger partial charge in [-0.1, -0.05) is 56.2 Å². The minimum atomic E-state index is 0.451. The lowest BCUT2D eigenvalue weighted by molar-refractivity contribution is -0.119. The van der Waals surface area contributed by atoms with Crippen molar-refractivity contribution in [3.05, 3.63) is 42.0 Å². The number of hydrogen-bond donors (Lipinski definition) is 0. The summed E-state index contributed by atoms with van der Waals surface area (Å²) in [7, 11) is 0. The fraction of sp³-hybridized carbons (Fsp3) is 0.526. The zero-order valence-electron chi connectivity index (χ0n) is 12.6. The van der Waals surface area contributed by atoms with Gasteiger partial charge in [0.2, 0.25) is 0 Å². The van der Waals surface area contributed by atoms with Crippen molar-refractivity contribution in [3.8, 4) is 0 Å². The number of hydrogen-bond acceptors (Lipinski definition) is 1. The second-order valence-corrected chi connectivity index (χ2v) is 5.91. The van der Waals surface area contributed by atoms with Gasteiger partial charge < -0.3 is 0 Å². The number of carbonyl (C=O) groups is 1. The first-order chi connectivity index (χ1) is 9.79. The summed E-state index contributed by atoms with van der Waals surface area (Å²) in [5.74, 6) is 0.906. The van der Waals surface area contributed by atoms with Crippen molar-refractivity contribution < 1.29 is 4.79 Å². The number of unbranched alkanes of at least 4 members (excludes halogenated alkanes) is 1. The standard InChI is InChI=1S/C19H26O/c1-2-3-10-18(17-11-5-4-6-12-17)14-16-9-7-8-13-19(20)15-16/h4-6,11-12,14,16H,2-3,7-10,13,15H2,1H3/b18-14+.